The molecule has 0 radical (unpaired) electrons. The summed E-state index contributed by atoms with van der Waals surface area (Å²) in [5.41, 5.74) is 6.29. The van der Waals surface area contributed by atoms with Gasteiger partial charge in [0.2, 0.25) is 0 Å². The van der Waals surface area contributed by atoms with Gasteiger partial charge in [0, 0.05) is 25.8 Å². The molecule has 1 aliphatic rings. The third-order valence-electron chi connectivity index (χ3n) is 3.34. The molecule has 5 nitrogen and oxygen atoms in total. The van der Waals surface area contributed by atoms with Crippen molar-refractivity contribution < 1.29 is 4.79 Å². The first-order valence-corrected chi connectivity index (χ1v) is 6.22. The van der Waals surface area contributed by atoms with Crippen LogP contribution in [0.1, 0.15) is 36.0 Å². The van der Waals surface area contributed by atoms with Crippen LogP contribution in [0.15, 0.2) is 12.4 Å². The molecule has 0 spiro atoms. The third kappa shape index (κ3) is 2.66. The molecule has 1 unspecified atom stereocenters. The Labute approximate surface area is 102 Å². The summed E-state index contributed by atoms with van der Waals surface area (Å²) in [5, 5.41) is 4.05. The van der Waals surface area contributed by atoms with Gasteiger partial charge in [-0.1, -0.05) is 0 Å². The SMILES string of the molecule is Cn1cc(C(=O)N2CCCCC2CCN)cn1. The van der Waals surface area contributed by atoms with Gasteiger partial charge in [-0.05, 0) is 32.2 Å². The Balaban J connectivity index is 2.10. The van der Waals surface area contributed by atoms with Crippen LogP contribution >= 0.6 is 0 Å². The summed E-state index contributed by atoms with van der Waals surface area (Å²) in [7, 11) is 1.82. The second kappa shape index (κ2) is 5.31. The predicted octanol–water partition coefficient (Wildman–Crippen LogP) is 0.764. The standard InChI is InChI=1S/C12H20N4O/c1-15-9-10(8-14-15)12(17)16-7-3-2-4-11(16)5-6-13/h8-9,11H,2-7,13H2,1H3. The predicted molar refractivity (Wildman–Crippen MR) is 65.6 cm³/mol. The quantitative estimate of drug-likeness (QED) is 0.843. The van der Waals surface area contributed by atoms with E-state index in [-0.39, 0.29) is 5.91 Å². The lowest BCUT2D eigenvalue weighted by Crippen LogP contribution is -2.44. The molecular formula is C12H20N4O. The largest absolute Gasteiger partial charge is 0.336 e. The Morgan fingerprint density at radius 3 is 3.06 bits per heavy atom. The van der Waals surface area contributed by atoms with Crippen molar-refractivity contribution >= 4 is 5.91 Å². The van der Waals surface area contributed by atoms with Gasteiger partial charge < -0.3 is 10.6 Å². The van der Waals surface area contributed by atoms with Crippen LogP contribution in [0.4, 0.5) is 0 Å². The Bertz CT molecular complexity index is 386. The summed E-state index contributed by atoms with van der Waals surface area (Å²) in [5.74, 6) is 0.0938. The van der Waals surface area contributed by atoms with Crippen LogP contribution in [0.3, 0.4) is 0 Å². The Kier molecular flexibility index (Phi) is 3.78. The number of piperidine rings is 1. The summed E-state index contributed by atoms with van der Waals surface area (Å²) in [6.07, 6.45) is 7.66. The topological polar surface area (TPSA) is 64.2 Å². The van der Waals surface area contributed by atoms with Crippen LogP contribution in [0.25, 0.3) is 0 Å². The molecule has 2 N–H and O–H groups in total. The second-order valence-corrected chi connectivity index (χ2v) is 4.63. The molecule has 1 atom stereocenters. The maximum absolute atomic E-state index is 12.3. The summed E-state index contributed by atoms with van der Waals surface area (Å²) in [6.45, 7) is 1.49. The molecule has 5 heteroatoms. The smallest absolute Gasteiger partial charge is 0.257 e. The molecule has 94 valence electrons. The highest BCUT2D eigenvalue weighted by atomic mass is 16.2. The molecule has 2 heterocycles. The van der Waals surface area contributed by atoms with Crippen molar-refractivity contribution in [2.75, 3.05) is 13.1 Å². The lowest BCUT2D eigenvalue weighted by atomic mass is 9.98. The van der Waals surface area contributed by atoms with Crippen LogP contribution in [-0.4, -0.2) is 39.7 Å². The van der Waals surface area contributed by atoms with Crippen molar-refractivity contribution in [3.63, 3.8) is 0 Å². The van der Waals surface area contributed by atoms with Gasteiger partial charge in [0.15, 0.2) is 0 Å². The van der Waals surface area contributed by atoms with E-state index >= 15 is 0 Å². The van der Waals surface area contributed by atoms with Gasteiger partial charge in [-0.2, -0.15) is 5.10 Å². The normalized spacial score (nSPS) is 20.6. The second-order valence-electron chi connectivity index (χ2n) is 4.63. The molecule has 1 aliphatic heterocycles. The highest BCUT2D eigenvalue weighted by molar-refractivity contribution is 5.94. The summed E-state index contributed by atoms with van der Waals surface area (Å²) >= 11 is 0. The van der Waals surface area contributed by atoms with Crippen LogP contribution in [0.2, 0.25) is 0 Å². The van der Waals surface area contributed by atoms with Crippen LogP contribution in [-0.2, 0) is 7.05 Å². The van der Waals surface area contributed by atoms with Crippen molar-refractivity contribution in [1.29, 1.82) is 0 Å². The van der Waals surface area contributed by atoms with Crippen molar-refractivity contribution in [2.24, 2.45) is 12.8 Å². The number of carbonyl (C=O) groups excluding carboxylic acids is 1. The molecule has 1 amide bonds. The summed E-state index contributed by atoms with van der Waals surface area (Å²) in [6, 6.07) is 0.307. The van der Waals surface area contributed by atoms with Crippen LogP contribution in [0, 0.1) is 0 Å². The van der Waals surface area contributed by atoms with Gasteiger partial charge in [0.25, 0.3) is 5.91 Å². The Hall–Kier alpha value is -1.36. The lowest BCUT2D eigenvalue weighted by molar-refractivity contribution is 0.0605. The number of nitrogens with zero attached hydrogens (tertiary/aromatic N) is 3. The first-order valence-electron chi connectivity index (χ1n) is 6.22. The van der Waals surface area contributed by atoms with E-state index < -0.39 is 0 Å². The number of hydrogen-bond donors (Lipinski definition) is 1. The van der Waals surface area contributed by atoms with Crippen molar-refractivity contribution in [2.45, 2.75) is 31.7 Å². The number of nitrogens with two attached hydrogens (primary N) is 1. The van der Waals surface area contributed by atoms with Crippen LogP contribution in [0.5, 0.6) is 0 Å². The zero-order valence-electron chi connectivity index (χ0n) is 10.3. The van der Waals surface area contributed by atoms with Crippen LogP contribution < -0.4 is 5.73 Å². The fourth-order valence-corrected chi connectivity index (χ4v) is 2.46. The van der Waals surface area contributed by atoms with Gasteiger partial charge in [0.1, 0.15) is 0 Å². The molecular weight excluding hydrogens is 216 g/mol. The van der Waals surface area contributed by atoms with Gasteiger partial charge >= 0.3 is 0 Å². The molecule has 1 fully saturated rings. The van der Waals surface area contributed by atoms with Gasteiger partial charge in [-0.3, -0.25) is 9.48 Å². The first kappa shape index (κ1) is 12.1. The number of hydrogen-bond acceptors (Lipinski definition) is 3. The fraction of sp³-hybridized carbons (Fsp3) is 0.667. The highest BCUT2D eigenvalue weighted by Crippen LogP contribution is 2.21. The highest BCUT2D eigenvalue weighted by Gasteiger charge is 2.27. The number of rotatable bonds is 3. The van der Waals surface area contributed by atoms with E-state index in [2.05, 4.69) is 5.10 Å². The van der Waals surface area contributed by atoms with Gasteiger partial charge in [-0.15, -0.1) is 0 Å². The molecule has 0 aromatic carbocycles. The minimum atomic E-state index is 0.0938. The number of aromatic nitrogens is 2. The van der Waals surface area contributed by atoms with Crippen molar-refractivity contribution in [1.82, 2.24) is 14.7 Å². The molecule has 0 aliphatic carbocycles. The van der Waals surface area contributed by atoms with E-state index in [9.17, 15) is 4.79 Å². The van der Waals surface area contributed by atoms with E-state index in [1.54, 1.807) is 17.1 Å². The number of amides is 1. The number of carbonyl (C=O) groups is 1. The maximum Gasteiger partial charge on any atom is 0.257 e. The van der Waals surface area contributed by atoms with Crippen molar-refractivity contribution in [3.05, 3.63) is 18.0 Å². The minimum Gasteiger partial charge on any atom is -0.336 e. The van der Waals surface area contributed by atoms with E-state index in [0.29, 0.717) is 18.2 Å². The zero-order valence-corrected chi connectivity index (χ0v) is 10.3. The van der Waals surface area contributed by atoms with Gasteiger partial charge in [-0.25, -0.2) is 0 Å². The Morgan fingerprint density at radius 2 is 2.41 bits per heavy atom. The van der Waals surface area contributed by atoms with Crippen molar-refractivity contribution in [3.8, 4) is 0 Å². The molecule has 1 aromatic rings. The lowest BCUT2D eigenvalue weighted by Gasteiger charge is -2.35. The Morgan fingerprint density at radius 1 is 1.59 bits per heavy atom. The average molecular weight is 236 g/mol. The molecule has 1 saturated heterocycles. The average Bonchev–Trinajstić information content (AvgIpc) is 2.76. The summed E-state index contributed by atoms with van der Waals surface area (Å²) in [4.78, 5) is 14.3. The minimum absolute atomic E-state index is 0.0938. The molecule has 0 bridgehead atoms. The number of likely N-dealkylation sites (tertiary alicyclic amines) is 1. The number of aryl methyl sites for hydroxylation is 1. The molecule has 0 saturated carbocycles. The van der Waals surface area contributed by atoms with E-state index in [4.69, 9.17) is 5.73 Å². The summed E-state index contributed by atoms with van der Waals surface area (Å²) < 4.78 is 1.66. The zero-order chi connectivity index (χ0) is 12.3. The third-order valence-corrected chi connectivity index (χ3v) is 3.34. The molecule has 2 rings (SSSR count). The molecule has 17 heavy (non-hydrogen) atoms. The molecule has 1 aromatic heterocycles. The van der Waals surface area contributed by atoms with E-state index in [0.717, 1.165) is 25.8 Å². The maximum atomic E-state index is 12.3. The first-order chi connectivity index (χ1) is 8.22. The van der Waals surface area contributed by atoms with Gasteiger partial charge in [0.05, 0.1) is 11.8 Å². The fourth-order valence-electron chi connectivity index (χ4n) is 2.46. The monoisotopic (exact) mass is 236 g/mol. The van der Waals surface area contributed by atoms with E-state index in [1.807, 2.05) is 11.9 Å². The van der Waals surface area contributed by atoms with E-state index in [1.165, 1.54) is 6.42 Å².